The summed E-state index contributed by atoms with van der Waals surface area (Å²) in [5.41, 5.74) is 2.09. The molecule has 10 heteroatoms. The van der Waals surface area contributed by atoms with E-state index in [4.69, 9.17) is 16.8 Å². The van der Waals surface area contributed by atoms with Gasteiger partial charge in [-0.15, -0.1) is 0 Å². The van der Waals surface area contributed by atoms with Gasteiger partial charge in [-0.1, -0.05) is 11.8 Å². The number of amidine groups is 1. The van der Waals surface area contributed by atoms with Crippen LogP contribution >= 0.6 is 11.8 Å². The van der Waals surface area contributed by atoms with Gasteiger partial charge in [0, 0.05) is 12.2 Å². The van der Waals surface area contributed by atoms with Gasteiger partial charge < -0.3 is 15.8 Å². The van der Waals surface area contributed by atoms with Gasteiger partial charge in [-0.3, -0.25) is 9.80 Å². The second kappa shape index (κ2) is 8.28. The van der Waals surface area contributed by atoms with E-state index in [2.05, 4.69) is 5.10 Å². The fourth-order valence-electron chi connectivity index (χ4n) is 2.88. The Morgan fingerprint density at radius 1 is 1.25 bits per heavy atom. The maximum Gasteiger partial charge on any atom is 0.335 e. The van der Waals surface area contributed by atoms with Gasteiger partial charge in [-0.25, -0.2) is 15.0 Å². The summed E-state index contributed by atoms with van der Waals surface area (Å²) in [5.74, 6) is 9.89. The second-order valence-corrected chi connectivity index (χ2v) is 6.93. The molecule has 1 aliphatic rings. The average molecular weight is 403 g/mol. The van der Waals surface area contributed by atoms with Gasteiger partial charge in [0.1, 0.15) is 5.82 Å². The van der Waals surface area contributed by atoms with Gasteiger partial charge in [0.05, 0.1) is 17.0 Å². The van der Waals surface area contributed by atoms with Crippen molar-refractivity contribution >= 4 is 40.2 Å². The first-order valence-electron chi connectivity index (χ1n) is 8.28. The average Bonchev–Trinajstić information content (AvgIpc) is 3.11. The van der Waals surface area contributed by atoms with Crippen LogP contribution in [-0.4, -0.2) is 34.4 Å². The molecule has 0 spiro atoms. The van der Waals surface area contributed by atoms with Crippen molar-refractivity contribution in [2.24, 2.45) is 16.8 Å². The number of carboxylic acid groups (broad SMARTS) is 1. The Hall–Kier alpha value is -3.11. The SMILES string of the molecule is N/N=C(/SCC(=O)N1CCc2cc(F)ccc21)N(N)c1ccc(C(=O)O)cc1. The van der Waals surface area contributed by atoms with E-state index in [1.807, 2.05) is 0 Å². The highest BCUT2D eigenvalue weighted by molar-refractivity contribution is 8.14. The van der Waals surface area contributed by atoms with Crippen LogP contribution in [0.2, 0.25) is 0 Å². The van der Waals surface area contributed by atoms with Gasteiger partial charge in [-0.2, -0.15) is 5.10 Å². The smallest absolute Gasteiger partial charge is 0.335 e. The van der Waals surface area contributed by atoms with E-state index in [9.17, 15) is 14.0 Å². The number of hydrazone groups is 1. The Morgan fingerprint density at radius 2 is 1.96 bits per heavy atom. The Labute approximate surface area is 164 Å². The minimum atomic E-state index is -1.05. The monoisotopic (exact) mass is 403 g/mol. The third-order valence-corrected chi connectivity index (χ3v) is 5.22. The van der Waals surface area contributed by atoms with Gasteiger partial charge in [0.15, 0.2) is 0 Å². The molecule has 5 N–H and O–H groups in total. The molecule has 0 bridgehead atoms. The fraction of sp³-hybridized carbons (Fsp3) is 0.167. The van der Waals surface area contributed by atoms with Crippen LogP contribution in [0.3, 0.4) is 0 Å². The van der Waals surface area contributed by atoms with E-state index in [-0.39, 0.29) is 28.2 Å². The lowest BCUT2D eigenvalue weighted by atomic mass is 10.2. The molecule has 0 unspecified atom stereocenters. The number of nitrogens with zero attached hydrogens (tertiary/aromatic N) is 3. The molecule has 2 aromatic rings. The topological polar surface area (TPSA) is 125 Å². The van der Waals surface area contributed by atoms with Gasteiger partial charge >= 0.3 is 5.97 Å². The molecule has 146 valence electrons. The Balaban J connectivity index is 1.64. The first kappa shape index (κ1) is 19.6. The summed E-state index contributed by atoms with van der Waals surface area (Å²) in [7, 11) is 0. The van der Waals surface area contributed by atoms with Crippen molar-refractivity contribution in [3.63, 3.8) is 0 Å². The third kappa shape index (κ3) is 4.07. The number of fused-ring (bicyclic) bond motifs is 1. The number of benzene rings is 2. The molecular formula is C18H18FN5O3S. The van der Waals surface area contributed by atoms with Crippen molar-refractivity contribution < 1.29 is 19.1 Å². The molecule has 0 aliphatic carbocycles. The van der Waals surface area contributed by atoms with E-state index < -0.39 is 5.97 Å². The Morgan fingerprint density at radius 3 is 2.61 bits per heavy atom. The lowest BCUT2D eigenvalue weighted by Gasteiger charge is -2.21. The predicted molar refractivity (Wildman–Crippen MR) is 107 cm³/mol. The number of amides is 1. The van der Waals surface area contributed by atoms with Crippen molar-refractivity contribution in [2.75, 3.05) is 22.2 Å². The number of hydrazine groups is 1. The number of carbonyl (C=O) groups excluding carboxylic acids is 1. The van der Waals surface area contributed by atoms with Crippen LogP contribution in [-0.2, 0) is 11.2 Å². The van der Waals surface area contributed by atoms with Crippen molar-refractivity contribution in [3.8, 4) is 0 Å². The largest absolute Gasteiger partial charge is 0.478 e. The molecule has 2 aromatic carbocycles. The van der Waals surface area contributed by atoms with E-state index in [0.717, 1.165) is 17.3 Å². The highest BCUT2D eigenvalue weighted by Gasteiger charge is 2.25. The van der Waals surface area contributed by atoms with Crippen LogP contribution in [0.1, 0.15) is 15.9 Å². The maximum absolute atomic E-state index is 13.3. The Bertz CT molecular complexity index is 935. The number of rotatable bonds is 4. The minimum absolute atomic E-state index is 0.0355. The third-order valence-electron chi connectivity index (χ3n) is 4.27. The van der Waals surface area contributed by atoms with Crippen LogP contribution < -0.4 is 21.6 Å². The highest BCUT2D eigenvalue weighted by atomic mass is 32.2. The number of halogens is 1. The van der Waals surface area contributed by atoms with Gasteiger partial charge in [0.2, 0.25) is 11.1 Å². The normalized spacial score (nSPS) is 13.4. The molecule has 0 atom stereocenters. The van der Waals surface area contributed by atoms with Crippen molar-refractivity contribution in [1.82, 2.24) is 0 Å². The minimum Gasteiger partial charge on any atom is -0.478 e. The zero-order valence-corrected chi connectivity index (χ0v) is 15.5. The zero-order valence-electron chi connectivity index (χ0n) is 14.7. The number of hydrogen-bond acceptors (Lipinski definition) is 6. The number of carbonyl (C=O) groups is 2. The van der Waals surface area contributed by atoms with E-state index >= 15 is 0 Å². The lowest BCUT2D eigenvalue weighted by molar-refractivity contribution is -0.116. The van der Waals surface area contributed by atoms with E-state index in [0.29, 0.717) is 24.3 Å². The summed E-state index contributed by atoms with van der Waals surface area (Å²) < 4.78 is 13.3. The Kier molecular flexibility index (Phi) is 5.81. The van der Waals surface area contributed by atoms with Crippen molar-refractivity contribution in [2.45, 2.75) is 6.42 Å². The summed E-state index contributed by atoms with van der Waals surface area (Å²) in [6, 6.07) is 10.2. The molecule has 0 radical (unpaired) electrons. The first-order chi connectivity index (χ1) is 13.4. The molecule has 1 heterocycles. The number of carboxylic acids is 1. The van der Waals surface area contributed by atoms with Crippen LogP contribution in [0.25, 0.3) is 0 Å². The van der Waals surface area contributed by atoms with E-state index in [1.54, 1.807) is 11.0 Å². The number of anilines is 2. The maximum atomic E-state index is 13.3. The predicted octanol–water partition coefficient (Wildman–Crippen LogP) is 1.76. The van der Waals surface area contributed by atoms with Crippen LogP contribution in [0.15, 0.2) is 47.6 Å². The molecule has 1 aliphatic heterocycles. The second-order valence-electron chi connectivity index (χ2n) is 5.99. The molecule has 0 saturated heterocycles. The lowest BCUT2D eigenvalue weighted by Crippen LogP contribution is -2.38. The number of hydrogen-bond donors (Lipinski definition) is 3. The molecule has 0 aromatic heterocycles. The summed E-state index contributed by atoms with van der Waals surface area (Å²) in [4.78, 5) is 25.1. The fourth-order valence-corrected chi connectivity index (χ4v) is 3.61. The molecule has 8 nitrogen and oxygen atoms in total. The van der Waals surface area contributed by atoms with Crippen molar-refractivity contribution in [1.29, 1.82) is 0 Å². The summed E-state index contributed by atoms with van der Waals surface area (Å²) in [5, 5.41) is 13.9. The molecule has 0 saturated carbocycles. The standard InChI is InChI=1S/C18H18FN5O3S/c19-13-3-6-15-12(9-13)7-8-23(15)16(25)10-28-18(22-20)24(21)14-4-1-11(2-5-14)17(26)27/h1-6,9H,7-8,10,20-21H2,(H,26,27)/b22-18+. The molecule has 1 amide bonds. The summed E-state index contributed by atoms with van der Waals surface area (Å²) >= 11 is 1.05. The van der Waals surface area contributed by atoms with Crippen LogP contribution in [0.5, 0.6) is 0 Å². The quantitative estimate of drug-likeness (QED) is 0.307. The molecular weight excluding hydrogens is 385 g/mol. The first-order valence-corrected chi connectivity index (χ1v) is 9.27. The van der Waals surface area contributed by atoms with Crippen LogP contribution in [0, 0.1) is 5.82 Å². The summed E-state index contributed by atoms with van der Waals surface area (Å²) in [6.45, 7) is 0.482. The van der Waals surface area contributed by atoms with Gasteiger partial charge in [0.25, 0.3) is 0 Å². The molecule has 28 heavy (non-hydrogen) atoms. The van der Waals surface area contributed by atoms with E-state index in [1.165, 1.54) is 41.4 Å². The van der Waals surface area contributed by atoms with Crippen LogP contribution in [0.4, 0.5) is 15.8 Å². The number of nitrogens with two attached hydrogens (primary N) is 2. The van der Waals surface area contributed by atoms with Crippen molar-refractivity contribution in [3.05, 3.63) is 59.4 Å². The molecule has 0 fully saturated rings. The van der Waals surface area contributed by atoms with Gasteiger partial charge in [-0.05, 0) is 54.4 Å². The number of thioether (sulfide) groups is 1. The summed E-state index contributed by atoms with van der Waals surface area (Å²) in [6.07, 6.45) is 0.597. The molecule has 3 rings (SSSR count). The highest BCUT2D eigenvalue weighted by Crippen LogP contribution is 2.29. The zero-order chi connectivity index (χ0) is 20.3. The number of aromatic carboxylic acids is 1.